The molecule has 1 aromatic heterocycles. The van der Waals surface area contributed by atoms with Gasteiger partial charge in [-0.3, -0.25) is 0 Å². The highest BCUT2D eigenvalue weighted by molar-refractivity contribution is 5.92. The largest absolute Gasteiger partial charge is 0.511 e. The van der Waals surface area contributed by atoms with Crippen LogP contribution in [0.4, 0.5) is 28.4 Å². The minimum absolute atomic E-state index is 0.0589. The molecule has 13 heteroatoms. The molecule has 0 radical (unpaired) electrons. The number of hydrogen-bond donors (Lipinski definition) is 3. The molecular formula is C30H29F3N4O6. The monoisotopic (exact) mass is 598 g/mol. The Labute approximate surface area is 244 Å². The van der Waals surface area contributed by atoms with Crippen molar-refractivity contribution in [3.05, 3.63) is 78.1 Å². The second-order valence-corrected chi connectivity index (χ2v) is 9.66. The number of fused-ring (bicyclic) bond motifs is 1. The van der Waals surface area contributed by atoms with Gasteiger partial charge < -0.3 is 29.7 Å². The van der Waals surface area contributed by atoms with Gasteiger partial charge in [-0.25, -0.2) is 19.4 Å². The lowest BCUT2D eigenvalue weighted by Gasteiger charge is -2.16. The topological polar surface area (TPSA) is 134 Å². The number of likely N-dealkylation sites (tertiary alicyclic amines) is 1. The van der Waals surface area contributed by atoms with Crippen molar-refractivity contribution in [1.82, 2.24) is 14.5 Å². The number of amides is 2. The molecule has 5 rings (SSSR count). The van der Waals surface area contributed by atoms with Gasteiger partial charge in [-0.1, -0.05) is 49.4 Å². The van der Waals surface area contributed by atoms with Crippen molar-refractivity contribution < 1.29 is 42.5 Å². The minimum atomic E-state index is -5.08. The number of rotatable bonds is 6. The number of alkyl halides is 3. The van der Waals surface area contributed by atoms with Crippen LogP contribution in [0.5, 0.6) is 5.75 Å². The molecular weight excluding hydrogens is 569 g/mol. The number of anilines is 1. The summed E-state index contributed by atoms with van der Waals surface area (Å²) >= 11 is 0. The molecule has 0 atom stereocenters. The second-order valence-electron chi connectivity index (χ2n) is 9.66. The van der Waals surface area contributed by atoms with Crippen LogP contribution in [0.1, 0.15) is 31.2 Å². The zero-order chi connectivity index (χ0) is 31.1. The summed E-state index contributed by atoms with van der Waals surface area (Å²) in [6, 6.07) is 20.8. The lowest BCUT2D eigenvalue weighted by Crippen LogP contribution is -2.32. The first-order valence-electron chi connectivity index (χ1n) is 13.4. The van der Waals surface area contributed by atoms with Gasteiger partial charge in [0, 0.05) is 37.3 Å². The molecule has 1 fully saturated rings. The van der Waals surface area contributed by atoms with E-state index in [-0.39, 0.29) is 6.03 Å². The normalized spacial score (nSPS) is 12.9. The minimum Gasteiger partial charge on any atom is -0.475 e. The molecule has 1 saturated heterocycles. The van der Waals surface area contributed by atoms with Crippen LogP contribution in [0.25, 0.3) is 22.2 Å². The van der Waals surface area contributed by atoms with Crippen LogP contribution in [-0.2, 0) is 17.8 Å². The number of imidazole rings is 1. The highest BCUT2D eigenvalue weighted by atomic mass is 19.4. The van der Waals surface area contributed by atoms with E-state index in [0.717, 1.165) is 66.0 Å². The highest BCUT2D eigenvalue weighted by Gasteiger charge is 2.38. The summed E-state index contributed by atoms with van der Waals surface area (Å²) in [6.07, 6.45) is -3.54. The number of urea groups is 1. The lowest BCUT2D eigenvalue weighted by atomic mass is 10.0. The molecule has 1 aliphatic rings. The summed E-state index contributed by atoms with van der Waals surface area (Å²) in [6.45, 7) is 4.30. The number of aromatic nitrogens is 2. The molecule has 10 nitrogen and oxygen atoms in total. The van der Waals surface area contributed by atoms with Gasteiger partial charge >= 0.3 is 24.3 Å². The van der Waals surface area contributed by atoms with Crippen molar-refractivity contribution in [2.75, 3.05) is 18.4 Å². The van der Waals surface area contributed by atoms with Crippen LogP contribution >= 0.6 is 0 Å². The fourth-order valence-corrected chi connectivity index (χ4v) is 4.68. The second kappa shape index (κ2) is 13.3. The molecule has 0 bridgehead atoms. The van der Waals surface area contributed by atoms with E-state index in [2.05, 4.69) is 16.8 Å². The van der Waals surface area contributed by atoms with E-state index in [0.29, 0.717) is 17.9 Å². The van der Waals surface area contributed by atoms with Crippen LogP contribution in [-0.4, -0.2) is 62.1 Å². The van der Waals surface area contributed by atoms with E-state index in [9.17, 15) is 22.8 Å². The molecule has 0 saturated carbocycles. The smallest absolute Gasteiger partial charge is 0.475 e. The van der Waals surface area contributed by atoms with Gasteiger partial charge in [0.25, 0.3) is 0 Å². The van der Waals surface area contributed by atoms with Crippen LogP contribution in [0.15, 0.2) is 66.7 Å². The molecule has 43 heavy (non-hydrogen) atoms. The van der Waals surface area contributed by atoms with Crippen molar-refractivity contribution in [1.29, 1.82) is 0 Å². The summed E-state index contributed by atoms with van der Waals surface area (Å²) in [4.78, 5) is 39.2. The molecule has 2 amide bonds. The number of carbonyl (C=O) groups excluding carboxylic acids is 1. The number of hydrogen-bond acceptors (Lipinski definition) is 5. The first kappa shape index (κ1) is 30.9. The van der Waals surface area contributed by atoms with E-state index in [1.54, 1.807) is 12.1 Å². The van der Waals surface area contributed by atoms with Gasteiger partial charge in [0.15, 0.2) is 0 Å². The van der Waals surface area contributed by atoms with Gasteiger partial charge in [-0.15, -0.1) is 0 Å². The maximum Gasteiger partial charge on any atom is 0.511 e. The predicted molar refractivity (Wildman–Crippen MR) is 152 cm³/mol. The average Bonchev–Trinajstić information content (AvgIpc) is 3.62. The number of carboxylic acid groups (broad SMARTS) is 2. The van der Waals surface area contributed by atoms with Crippen LogP contribution < -0.4 is 10.1 Å². The van der Waals surface area contributed by atoms with Crippen LogP contribution in [0, 0.1) is 0 Å². The van der Waals surface area contributed by atoms with E-state index in [1.807, 2.05) is 59.5 Å². The third-order valence-electron chi connectivity index (χ3n) is 6.72. The Bertz CT molecular complexity index is 1610. The molecule has 3 aromatic carbocycles. The number of benzene rings is 3. The molecule has 1 aliphatic heterocycles. The molecule has 4 aromatic rings. The Morgan fingerprint density at radius 1 is 0.977 bits per heavy atom. The molecule has 0 spiro atoms. The summed E-state index contributed by atoms with van der Waals surface area (Å²) in [5, 5.41) is 19.2. The molecule has 2 heterocycles. The van der Waals surface area contributed by atoms with Crippen LogP contribution in [0.2, 0.25) is 0 Å². The number of carbonyl (C=O) groups is 3. The first-order chi connectivity index (χ1) is 20.5. The fraction of sp³-hybridized carbons (Fsp3) is 0.267. The number of nitrogens with one attached hydrogen (secondary N) is 1. The number of carboxylic acids is 1. The molecule has 0 aliphatic carbocycles. The Kier molecular flexibility index (Phi) is 9.53. The predicted octanol–water partition coefficient (Wildman–Crippen LogP) is 6.63. The molecule has 226 valence electrons. The number of aryl methyl sites for hydroxylation is 1. The van der Waals surface area contributed by atoms with Crippen molar-refractivity contribution in [2.24, 2.45) is 0 Å². The summed E-state index contributed by atoms with van der Waals surface area (Å²) in [5.74, 6) is -1.49. The third-order valence-corrected chi connectivity index (χ3v) is 6.72. The van der Waals surface area contributed by atoms with Crippen molar-refractivity contribution >= 4 is 34.9 Å². The van der Waals surface area contributed by atoms with Gasteiger partial charge in [-0.2, -0.15) is 13.2 Å². The van der Waals surface area contributed by atoms with E-state index >= 15 is 0 Å². The summed E-state index contributed by atoms with van der Waals surface area (Å²) < 4.78 is 38.9. The van der Waals surface area contributed by atoms with Gasteiger partial charge in [0.05, 0.1) is 11.0 Å². The zero-order valence-electron chi connectivity index (χ0n) is 23.1. The summed E-state index contributed by atoms with van der Waals surface area (Å²) in [5.41, 5.74) is 5.28. The van der Waals surface area contributed by atoms with Gasteiger partial charge in [0.2, 0.25) is 0 Å². The summed E-state index contributed by atoms with van der Waals surface area (Å²) in [7, 11) is 0. The van der Waals surface area contributed by atoms with Gasteiger partial charge in [0.1, 0.15) is 11.6 Å². The first-order valence-corrected chi connectivity index (χ1v) is 13.4. The maximum absolute atomic E-state index is 12.6. The highest BCUT2D eigenvalue weighted by Crippen LogP contribution is 2.31. The molecule has 3 N–H and O–H groups in total. The van der Waals surface area contributed by atoms with E-state index in [4.69, 9.17) is 24.7 Å². The SMILES string of the molecule is CCc1nc2ccc(NC(=O)N3CCCC3)cc2n1Cc1ccc(-c2ccccc2OC(=O)O)cc1.O=C(O)C(F)(F)F. The lowest BCUT2D eigenvalue weighted by molar-refractivity contribution is -0.192. The van der Waals surface area contributed by atoms with Crippen molar-refractivity contribution in [2.45, 2.75) is 38.9 Å². The molecule has 0 unspecified atom stereocenters. The Hall–Kier alpha value is -5.07. The van der Waals surface area contributed by atoms with Crippen LogP contribution in [0.3, 0.4) is 0 Å². The number of aliphatic carboxylic acids is 1. The van der Waals surface area contributed by atoms with E-state index in [1.165, 1.54) is 0 Å². The number of para-hydroxylation sites is 1. The number of halogens is 3. The standard InChI is InChI=1S/C28H28N4O4.C2HF3O2/c1-2-26-30-23-14-13-21(29-27(33)31-15-5-6-16-31)17-24(23)32(26)18-19-9-11-20(12-10-19)22-7-3-4-8-25(22)36-28(34)35;3-2(4,5)1(6)7/h3-4,7-14,17H,2,5-6,15-16,18H2,1H3,(H,29,33)(H,34,35);(H,6,7). The number of ether oxygens (including phenoxy) is 1. The third kappa shape index (κ3) is 7.82. The van der Waals surface area contributed by atoms with Crippen molar-refractivity contribution in [3.63, 3.8) is 0 Å². The Balaban J connectivity index is 0.000000541. The number of nitrogens with zero attached hydrogens (tertiary/aromatic N) is 3. The Morgan fingerprint density at radius 3 is 2.23 bits per heavy atom. The zero-order valence-corrected chi connectivity index (χ0v) is 23.1. The van der Waals surface area contributed by atoms with E-state index < -0.39 is 18.3 Å². The Morgan fingerprint density at radius 2 is 1.63 bits per heavy atom. The fourth-order valence-electron chi connectivity index (χ4n) is 4.68. The average molecular weight is 599 g/mol. The van der Waals surface area contributed by atoms with Gasteiger partial charge in [-0.05, 0) is 48.2 Å². The van der Waals surface area contributed by atoms with Crippen molar-refractivity contribution in [3.8, 4) is 16.9 Å². The quantitative estimate of drug-likeness (QED) is 0.168. The maximum atomic E-state index is 12.6.